The first-order valence-electron chi connectivity index (χ1n) is 5.23. The standard InChI is InChI=1S/C11H8F3N3O4/c1-20-9-5-6(4-7(10(18)19)16-17-15)2-3-8(9)21-11(12,13)14/h2-5,15H,1H3/p+1. The van der Waals surface area contributed by atoms with Crippen LogP contribution in [0.2, 0.25) is 0 Å². The van der Waals surface area contributed by atoms with Crippen molar-refractivity contribution in [3.05, 3.63) is 29.5 Å². The van der Waals surface area contributed by atoms with E-state index in [0.29, 0.717) is 0 Å². The highest BCUT2D eigenvalue weighted by Crippen LogP contribution is 2.33. The summed E-state index contributed by atoms with van der Waals surface area (Å²) in [4.78, 5) is 13.4. The van der Waals surface area contributed by atoms with Crippen LogP contribution in [0, 0.1) is 5.53 Å². The zero-order chi connectivity index (χ0) is 16.0. The number of carbonyl (C=O) groups is 1. The fourth-order valence-electron chi connectivity index (χ4n) is 1.33. The number of alkyl halides is 3. The van der Waals surface area contributed by atoms with E-state index in [0.717, 1.165) is 25.3 Å². The van der Waals surface area contributed by atoms with Crippen molar-refractivity contribution in [2.45, 2.75) is 6.36 Å². The molecule has 10 heteroatoms. The molecule has 0 spiro atoms. The molecule has 2 N–H and O–H groups in total. The molecule has 0 saturated carbocycles. The number of nitrogens with zero attached hydrogens (tertiary/aromatic N) is 2. The van der Waals surface area contributed by atoms with Gasteiger partial charge in [0.25, 0.3) is 0 Å². The summed E-state index contributed by atoms with van der Waals surface area (Å²) in [5.74, 6) is -2.25. The van der Waals surface area contributed by atoms with E-state index in [2.05, 4.69) is 14.8 Å². The molecule has 1 aromatic carbocycles. The summed E-state index contributed by atoms with van der Waals surface area (Å²) >= 11 is 0. The lowest BCUT2D eigenvalue weighted by Gasteiger charge is -2.12. The first kappa shape index (κ1) is 16.2. The largest absolute Gasteiger partial charge is 0.573 e. The number of aliphatic carboxylic acids is 1. The topological polar surface area (TPSA) is 106 Å². The molecule has 0 atom stereocenters. The average Bonchev–Trinajstić information content (AvgIpc) is 2.38. The minimum atomic E-state index is -4.88. The summed E-state index contributed by atoms with van der Waals surface area (Å²) in [5, 5.41) is 11.8. The molecule has 0 aromatic heterocycles. The molecule has 0 saturated heterocycles. The van der Waals surface area contributed by atoms with Crippen molar-refractivity contribution in [2.24, 2.45) is 5.11 Å². The van der Waals surface area contributed by atoms with Crippen LogP contribution in [-0.2, 0) is 4.79 Å². The molecule has 0 aliphatic rings. The minimum Gasteiger partial charge on any atom is -0.493 e. The number of carboxylic acids is 1. The van der Waals surface area contributed by atoms with Crippen molar-refractivity contribution in [1.29, 1.82) is 5.53 Å². The van der Waals surface area contributed by atoms with Gasteiger partial charge < -0.3 is 14.6 Å². The number of methoxy groups -OCH3 is 1. The highest BCUT2D eigenvalue weighted by Gasteiger charge is 2.32. The molecule has 7 nitrogen and oxygen atoms in total. The molecule has 1 rings (SSSR count). The SMILES string of the molecule is COc1cc(C=C(N=[N+]=N)C(=O)O)ccc1OC(F)(F)F. The van der Waals surface area contributed by atoms with E-state index in [9.17, 15) is 18.0 Å². The fourth-order valence-corrected chi connectivity index (χ4v) is 1.33. The van der Waals surface area contributed by atoms with Crippen LogP contribution in [0.1, 0.15) is 5.56 Å². The summed E-state index contributed by atoms with van der Waals surface area (Å²) in [7, 11) is 1.13. The molecular weight excluding hydrogens is 295 g/mol. The van der Waals surface area contributed by atoms with Crippen LogP contribution in [-0.4, -0.2) is 24.5 Å². The Kier molecular flexibility index (Phi) is 5.03. The molecular formula is C11H9F3N3O4+. The number of halogens is 3. The minimum absolute atomic E-state index is 0.186. The van der Waals surface area contributed by atoms with Gasteiger partial charge in [0.1, 0.15) is 5.53 Å². The van der Waals surface area contributed by atoms with Crippen LogP contribution in [0.25, 0.3) is 6.08 Å². The zero-order valence-electron chi connectivity index (χ0n) is 10.5. The lowest BCUT2D eigenvalue weighted by atomic mass is 10.1. The van der Waals surface area contributed by atoms with E-state index in [1.165, 1.54) is 6.07 Å². The van der Waals surface area contributed by atoms with Gasteiger partial charge in [-0.2, -0.15) is 0 Å². The Bertz CT molecular complexity index is 618. The third-order valence-corrected chi connectivity index (χ3v) is 2.09. The first-order valence-corrected chi connectivity index (χ1v) is 5.23. The predicted octanol–water partition coefficient (Wildman–Crippen LogP) is 2.57. The Morgan fingerprint density at radius 2 is 2.10 bits per heavy atom. The van der Waals surface area contributed by atoms with Crippen LogP contribution in [0.15, 0.2) is 29.0 Å². The number of hydrogen-bond donors (Lipinski definition) is 2. The molecule has 1 aromatic rings. The van der Waals surface area contributed by atoms with Gasteiger partial charge in [-0.3, -0.25) is 0 Å². The van der Waals surface area contributed by atoms with E-state index in [4.69, 9.17) is 15.4 Å². The Morgan fingerprint density at radius 3 is 2.57 bits per heavy atom. The van der Waals surface area contributed by atoms with Crippen LogP contribution in [0.5, 0.6) is 11.5 Å². The monoisotopic (exact) mass is 304 g/mol. The van der Waals surface area contributed by atoms with Gasteiger partial charge in [-0.15, -0.1) is 13.2 Å². The van der Waals surface area contributed by atoms with Crippen LogP contribution >= 0.6 is 0 Å². The number of benzene rings is 1. The van der Waals surface area contributed by atoms with E-state index in [1.54, 1.807) is 0 Å². The van der Waals surface area contributed by atoms with Gasteiger partial charge >= 0.3 is 12.3 Å². The third-order valence-electron chi connectivity index (χ3n) is 2.09. The van der Waals surface area contributed by atoms with Gasteiger partial charge in [-0.05, 0) is 23.8 Å². The van der Waals surface area contributed by atoms with Crippen molar-refractivity contribution in [1.82, 2.24) is 4.91 Å². The van der Waals surface area contributed by atoms with Crippen LogP contribution < -0.4 is 14.4 Å². The number of ether oxygens (including phenoxy) is 2. The number of carboxylic acid groups (broad SMARTS) is 1. The smallest absolute Gasteiger partial charge is 0.493 e. The Balaban J connectivity index is 3.21. The lowest BCUT2D eigenvalue weighted by Crippen LogP contribution is -2.17. The van der Waals surface area contributed by atoms with E-state index in [1.807, 2.05) is 0 Å². The van der Waals surface area contributed by atoms with Crippen molar-refractivity contribution in [3.63, 3.8) is 0 Å². The number of rotatable bonds is 5. The first-order chi connectivity index (χ1) is 9.76. The molecule has 0 amide bonds. The molecule has 0 bridgehead atoms. The molecule has 0 aliphatic heterocycles. The van der Waals surface area contributed by atoms with Gasteiger partial charge in [0, 0.05) is 0 Å². The molecule has 0 fully saturated rings. The predicted molar refractivity (Wildman–Crippen MR) is 62.6 cm³/mol. The highest BCUT2D eigenvalue weighted by molar-refractivity contribution is 5.91. The summed E-state index contributed by atoms with van der Waals surface area (Å²) in [6.07, 6.45) is -3.86. The van der Waals surface area contributed by atoms with Crippen molar-refractivity contribution >= 4 is 12.0 Å². The van der Waals surface area contributed by atoms with Crippen molar-refractivity contribution in [2.75, 3.05) is 7.11 Å². The van der Waals surface area contributed by atoms with Crippen molar-refractivity contribution in [3.8, 4) is 11.5 Å². The Morgan fingerprint density at radius 1 is 1.43 bits per heavy atom. The summed E-state index contributed by atoms with van der Waals surface area (Å²) in [5.41, 5.74) is 6.12. The maximum atomic E-state index is 12.2. The normalized spacial score (nSPS) is 11.5. The summed E-state index contributed by atoms with van der Waals surface area (Å²) in [6.45, 7) is 0. The second kappa shape index (κ2) is 6.53. The summed E-state index contributed by atoms with van der Waals surface area (Å²) < 4.78 is 45.0. The molecule has 0 unspecified atom stereocenters. The van der Waals surface area contributed by atoms with Crippen LogP contribution in [0.3, 0.4) is 0 Å². The fraction of sp³-hybridized carbons (Fsp3) is 0.182. The molecule has 0 radical (unpaired) electrons. The Labute approximate surface area is 115 Å². The van der Waals surface area contributed by atoms with Gasteiger partial charge in [-0.25, -0.2) is 4.79 Å². The number of nitrogens with one attached hydrogen (secondary N) is 1. The maximum Gasteiger partial charge on any atom is 0.573 e. The Hall–Kier alpha value is -2.87. The second-order valence-corrected chi connectivity index (χ2v) is 3.49. The van der Waals surface area contributed by atoms with E-state index >= 15 is 0 Å². The molecule has 0 aliphatic carbocycles. The van der Waals surface area contributed by atoms with Gasteiger partial charge in [0.05, 0.1) is 7.11 Å². The second-order valence-electron chi connectivity index (χ2n) is 3.49. The molecule has 0 heterocycles. The third kappa shape index (κ3) is 4.96. The van der Waals surface area contributed by atoms with E-state index in [-0.39, 0.29) is 11.3 Å². The van der Waals surface area contributed by atoms with Crippen LogP contribution in [0.4, 0.5) is 13.2 Å². The number of hydrogen-bond acceptors (Lipinski definition) is 5. The highest BCUT2D eigenvalue weighted by atomic mass is 19.4. The average molecular weight is 304 g/mol. The van der Waals surface area contributed by atoms with Crippen molar-refractivity contribution < 1.29 is 32.5 Å². The lowest BCUT2D eigenvalue weighted by molar-refractivity contribution is -0.275. The maximum absolute atomic E-state index is 12.2. The summed E-state index contributed by atoms with van der Waals surface area (Å²) in [6, 6.07) is 3.27. The quantitative estimate of drug-likeness (QED) is 0.495. The zero-order valence-corrected chi connectivity index (χ0v) is 10.5. The van der Waals surface area contributed by atoms with E-state index < -0.39 is 23.8 Å². The van der Waals surface area contributed by atoms with Gasteiger partial charge in [0.2, 0.25) is 10.6 Å². The van der Waals surface area contributed by atoms with Gasteiger partial charge in [0.15, 0.2) is 16.6 Å². The molecule has 21 heavy (non-hydrogen) atoms. The van der Waals surface area contributed by atoms with Gasteiger partial charge in [-0.1, -0.05) is 6.07 Å². The molecule has 112 valence electrons.